The molecule has 0 aromatic heterocycles. The van der Waals surface area contributed by atoms with E-state index in [4.69, 9.17) is 4.74 Å². The Bertz CT molecular complexity index is 930. The van der Waals surface area contributed by atoms with Gasteiger partial charge in [-0.2, -0.15) is 0 Å². The fourth-order valence-electron chi connectivity index (χ4n) is 3.20. The molecular formula is C24H28N2O2S. The quantitative estimate of drug-likeness (QED) is 0.508. The summed E-state index contributed by atoms with van der Waals surface area (Å²) in [6, 6.07) is 25.8. The normalized spacial score (nSPS) is 12.0. The maximum absolute atomic E-state index is 13.6. The minimum Gasteiger partial charge on any atom is -0.497 e. The van der Waals surface area contributed by atoms with Gasteiger partial charge in [0, 0.05) is 12.1 Å². The molecule has 0 amide bonds. The molecule has 29 heavy (non-hydrogen) atoms. The molecule has 4 nitrogen and oxygen atoms in total. The van der Waals surface area contributed by atoms with Crippen LogP contribution < -0.4 is 9.04 Å². The van der Waals surface area contributed by atoms with Gasteiger partial charge in [-0.05, 0) is 63.0 Å². The Morgan fingerprint density at radius 2 is 1.52 bits per heavy atom. The first-order valence-electron chi connectivity index (χ1n) is 9.73. The fourth-order valence-corrected chi connectivity index (χ4v) is 4.47. The predicted octanol–water partition coefficient (Wildman–Crippen LogP) is 4.84. The number of anilines is 1. The van der Waals surface area contributed by atoms with Gasteiger partial charge in [-0.3, -0.25) is 4.31 Å². The fraction of sp³-hybridized carbons (Fsp3) is 0.250. The Morgan fingerprint density at radius 3 is 2.14 bits per heavy atom. The Hall–Kier alpha value is -2.63. The largest absolute Gasteiger partial charge is 0.497 e. The van der Waals surface area contributed by atoms with Crippen molar-refractivity contribution >= 4 is 16.7 Å². The third kappa shape index (κ3) is 5.46. The monoisotopic (exact) mass is 408 g/mol. The van der Waals surface area contributed by atoms with Crippen LogP contribution in [0.1, 0.15) is 6.42 Å². The van der Waals surface area contributed by atoms with Crippen molar-refractivity contribution in [1.29, 1.82) is 0 Å². The number of benzene rings is 3. The van der Waals surface area contributed by atoms with E-state index >= 15 is 0 Å². The zero-order valence-electron chi connectivity index (χ0n) is 17.2. The lowest BCUT2D eigenvalue weighted by atomic mass is 10.0. The highest BCUT2D eigenvalue weighted by atomic mass is 32.2. The van der Waals surface area contributed by atoms with Gasteiger partial charge in [0.05, 0.1) is 17.7 Å². The van der Waals surface area contributed by atoms with Gasteiger partial charge in [0.1, 0.15) is 5.75 Å². The van der Waals surface area contributed by atoms with Crippen LogP contribution in [0.3, 0.4) is 0 Å². The Morgan fingerprint density at radius 1 is 0.862 bits per heavy atom. The van der Waals surface area contributed by atoms with Crippen LogP contribution in [-0.2, 0) is 11.0 Å². The van der Waals surface area contributed by atoms with Gasteiger partial charge in [0.2, 0.25) is 0 Å². The van der Waals surface area contributed by atoms with E-state index in [9.17, 15) is 4.21 Å². The summed E-state index contributed by atoms with van der Waals surface area (Å²) in [4.78, 5) is 2.95. The lowest BCUT2D eigenvalue weighted by molar-refractivity contribution is 0.403. The zero-order chi connectivity index (χ0) is 20.6. The summed E-state index contributed by atoms with van der Waals surface area (Å²) in [5.41, 5.74) is 3.03. The standard InChI is InChI=1S/C24H28N2O2S/c1-25(2)17-10-18-26(29(27)22-13-8-5-9-14-22)24-16-15-21(28-3)19-23(24)20-11-6-4-7-12-20/h4-9,11-16,19H,10,17-18H2,1-3H3. The van der Waals surface area contributed by atoms with Crippen LogP contribution in [-0.4, -0.2) is 43.4 Å². The van der Waals surface area contributed by atoms with Crippen molar-refractivity contribution in [3.05, 3.63) is 78.9 Å². The molecule has 0 fully saturated rings. The van der Waals surface area contributed by atoms with E-state index in [0.717, 1.165) is 40.4 Å². The Labute approximate surface area is 176 Å². The molecule has 0 spiro atoms. The maximum Gasteiger partial charge on any atom is 0.152 e. The summed E-state index contributed by atoms with van der Waals surface area (Å²) in [6.45, 7) is 1.62. The zero-order valence-corrected chi connectivity index (χ0v) is 18.1. The van der Waals surface area contributed by atoms with E-state index < -0.39 is 11.0 Å². The summed E-state index contributed by atoms with van der Waals surface area (Å²) in [6.07, 6.45) is 0.909. The van der Waals surface area contributed by atoms with E-state index in [1.165, 1.54) is 0 Å². The van der Waals surface area contributed by atoms with Crippen molar-refractivity contribution in [2.24, 2.45) is 0 Å². The van der Waals surface area contributed by atoms with Crippen molar-refractivity contribution in [3.8, 4) is 16.9 Å². The SMILES string of the molecule is COc1ccc(N(CCCN(C)C)S(=O)c2ccccc2)c(-c2ccccc2)c1. The first kappa shape index (κ1) is 21.1. The molecular weight excluding hydrogens is 380 g/mol. The number of hydrogen-bond donors (Lipinski definition) is 0. The molecule has 0 saturated heterocycles. The molecule has 152 valence electrons. The molecule has 0 aliphatic rings. The summed E-state index contributed by atoms with van der Waals surface area (Å²) in [5, 5.41) is 0. The molecule has 3 aromatic rings. The van der Waals surface area contributed by atoms with Gasteiger partial charge >= 0.3 is 0 Å². The molecule has 1 unspecified atom stereocenters. The highest BCUT2D eigenvalue weighted by Gasteiger charge is 2.20. The van der Waals surface area contributed by atoms with Crippen LogP contribution in [0.25, 0.3) is 11.1 Å². The molecule has 0 bridgehead atoms. The molecule has 3 aromatic carbocycles. The van der Waals surface area contributed by atoms with Crippen molar-refractivity contribution in [1.82, 2.24) is 4.90 Å². The lowest BCUT2D eigenvalue weighted by Crippen LogP contribution is -2.29. The smallest absolute Gasteiger partial charge is 0.152 e. The van der Waals surface area contributed by atoms with Gasteiger partial charge < -0.3 is 9.64 Å². The van der Waals surface area contributed by atoms with Gasteiger partial charge in [-0.1, -0.05) is 48.5 Å². The van der Waals surface area contributed by atoms with Crippen LogP contribution in [0.15, 0.2) is 83.8 Å². The van der Waals surface area contributed by atoms with Crippen molar-refractivity contribution in [3.63, 3.8) is 0 Å². The third-order valence-corrected chi connectivity index (χ3v) is 6.12. The first-order chi connectivity index (χ1) is 14.1. The van der Waals surface area contributed by atoms with Gasteiger partial charge in [-0.15, -0.1) is 0 Å². The highest BCUT2D eigenvalue weighted by Crippen LogP contribution is 2.36. The molecule has 0 heterocycles. The second-order valence-electron chi connectivity index (χ2n) is 7.07. The summed E-state index contributed by atoms with van der Waals surface area (Å²) < 4.78 is 21.0. The number of ether oxygens (including phenoxy) is 1. The van der Waals surface area contributed by atoms with E-state index in [1.807, 2.05) is 71.0 Å². The van der Waals surface area contributed by atoms with Crippen LogP contribution in [0.2, 0.25) is 0 Å². The maximum atomic E-state index is 13.6. The number of hydrogen-bond acceptors (Lipinski definition) is 3. The second-order valence-corrected chi connectivity index (χ2v) is 8.48. The van der Waals surface area contributed by atoms with Crippen molar-refractivity contribution in [2.45, 2.75) is 11.3 Å². The van der Waals surface area contributed by atoms with Gasteiger partial charge in [0.15, 0.2) is 11.0 Å². The number of methoxy groups -OCH3 is 1. The van der Waals surface area contributed by atoms with Crippen molar-refractivity contribution < 1.29 is 8.95 Å². The third-order valence-electron chi connectivity index (χ3n) is 4.67. The Kier molecular flexibility index (Phi) is 7.44. The molecule has 0 radical (unpaired) electrons. The average molecular weight is 409 g/mol. The van der Waals surface area contributed by atoms with Crippen LogP contribution in [0, 0.1) is 0 Å². The molecule has 3 rings (SSSR count). The highest BCUT2D eigenvalue weighted by molar-refractivity contribution is 7.86. The molecule has 5 heteroatoms. The van der Waals surface area contributed by atoms with Crippen molar-refractivity contribution in [2.75, 3.05) is 38.6 Å². The minimum absolute atomic E-state index is 0.686. The number of rotatable bonds is 9. The van der Waals surface area contributed by atoms with E-state index in [2.05, 4.69) is 31.1 Å². The number of nitrogens with zero attached hydrogens (tertiary/aromatic N) is 2. The van der Waals surface area contributed by atoms with Crippen LogP contribution in [0.5, 0.6) is 5.75 Å². The topological polar surface area (TPSA) is 32.8 Å². The van der Waals surface area contributed by atoms with Gasteiger partial charge in [0.25, 0.3) is 0 Å². The van der Waals surface area contributed by atoms with E-state index in [-0.39, 0.29) is 0 Å². The molecule has 0 saturated carbocycles. The summed E-state index contributed by atoms with van der Waals surface area (Å²) in [7, 11) is 4.48. The summed E-state index contributed by atoms with van der Waals surface area (Å²) in [5.74, 6) is 0.784. The minimum atomic E-state index is -1.31. The first-order valence-corrected chi connectivity index (χ1v) is 10.8. The average Bonchev–Trinajstić information content (AvgIpc) is 2.77. The molecule has 0 aliphatic heterocycles. The molecule has 0 aliphatic carbocycles. The lowest BCUT2D eigenvalue weighted by Gasteiger charge is -2.27. The molecule has 0 N–H and O–H groups in total. The van der Waals surface area contributed by atoms with E-state index in [0.29, 0.717) is 6.54 Å². The molecule has 1 atom stereocenters. The van der Waals surface area contributed by atoms with Gasteiger partial charge in [-0.25, -0.2) is 4.21 Å². The van der Waals surface area contributed by atoms with E-state index in [1.54, 1.807) is 7.11 Å². The summed E-state index contributed by atoms with van der Waals surface area (Å²) >= 11 is 0. The second kappa shape index (κ2) is 10.2. The van der Waals surface area contributed by atoms with Crippen LogP contribution in [0.4, 0.5) is 5.69 Å². The predicted molar refractivity (Wildman–Crippen MR) is 122 cm³/mol. The van der Waals surface area contributed by atoms with Crippen LogP contribution >= 0.6 is 0 Å². The Balaban J connectivity index is 2.05.